The topological polar surface area (TPSA) is 75.8 Å². The zero-order valence-electron chi connectivity index (χ0n) is 10.0. The van der Waals surface area contributed by atoms with Crippen LogP contribution in [0.3, 0.4) is 0 Å². The van der Waals surface area contributed by atoms with Crippen LogP contribution in [0.25, 0.3) is 11.3 Å². The van der Waals surface area contributed by atoms with Crippen molar-refractivity contribution in [2.45, 2.75) is 19.4 Å². The van der Waals surface area contributed by atoms with Crippen molar-refractivity contribution in [3.63, 3.8) is 0 Å². The fourth-order valence-electron chi connectivity index (χ4n) is 1.31. The summed E-state index contributed by atoms with van der Waals surface area (Å²) in [5, 5.41) is 7.62. The molecular formula is C12H16N3O2+. The molecule has 1 heterocycles. The zero-order valence-corrected chi connectivity index (χ0v) is 10.0. The Morgan fingerprint density at radius 3 is 2.59 bits per heavy atom. The van der Waals surface area contributed by atoms with Crippen LogP contribution in [0.1, 0.15) is 13.8 Å². The van der Waals surface area contributed by atoms with E-state index in [0.717, 1.165) is 5.56 Å². The van der Waals surface area contributed by atoms with Gasteiger partial charge in [0.05, 0.1) is 0 Å². The maximum Gasteiger partial charge on any atom is 0.284 e. The van der Waals surface area contributed by atoms with Gasteiger partial charge in [-0.25, -0.2) is 4.63 Å². The maximum atomic E-state index is 5.57. The Bertz CT molecular complexity index is 474. The Kier molecular flexibility index (Phi) is 3.10. The molecule has 0 unspecified atom stereocenters. The molecule has 0 aliphatic heterocycles. The molecule has 0 amide bonds. The Hall–Kier alpha value is -1.88. The Morgan fingerprint density at radius 2 is 1.94 bits per heavy atom. The van der Waals surface area contributed by atoms with Crippen LogP contribution in [0.2, 0.25) is 0 Å². The normalized spacial score (nSPS) is 11.5. The average molecular weight is 234 g/mol. The summed E-state index contributed by atoms with van der Waals surface area (Å²) in [6, 6.07) is 9.66. The molecule has 3 N–H and O–H groups in total. The summed E-state index contributed by atoms with van der Waals surface area (Å²) in [6.45, 7) is 4.44. The van der Waals surface area contributed by atoms with Gasteiger partial charge in [-0.1, -0.05) is 30.3 Å². The highest BCUT2D eigenvalue weighted by atomic mass is 16.6. The molecule has 0 aliphatic carbocycles. The lowest BCUT2D eigenvalue weighted by atomic mass is 10.1. The minimum absolute atomic E-state index is 0.174. The van der Waals surface area contributed by atoms with Crippen LogP contribution in [0.5, 0.6) is 5.88 Å². The molecule has 17 heavy (non-hydrogen) atoms. The van der Waals surface area contributed by atoms with E-state index < -0.39 is 0 Å². The minimum atomic E-state index is -0.174. The molecule has 1 aromatic carbocycles. The fraction of sp³-hybridized carbons (Fsp3) is 0.333. The highest BCUT2D eigenvalue weighted by Gasteiger charge is 2.20. The van der Waals surface area contributed by atoms with E-state index in [1.807, 2.05) is 44.2 Å². The summed E-state index contributed by atoms with van der Waals surface area (Å²) < 4.78 is 10.3. The van der Waals surface area contributed by atoms with Gasteiger partial charge in [-0.15, -0.1) is 0 Å². The standard InChI is InChI=1S/C12H15N3O2/c1-12(2,13)8-16-11-10(14-17-15-11)9-6-4-3-5-7-9/h3-7H,8,13H2,1-2H3/p+1. The highest BCUT2D eigenvalue weighted by Crippen LogP contribution is 2.25. The third-order valence-corrected chi connectivity index (χ3v) is 2.11. The lowest BCUT2D eigenvalue weighted by molar-refractivity contribution is -0.469. The number of nitrogens with zero attached hydrogens (tertiary/aromatic N) is 2. The van der Waals surface area contributed by atoms with Gasteiger partial charge in [-0.2, -0.15) is 0 Å². The maximum absolute atomic E-state index is 5.57. The van der Waals surface area contributed by atoms with Gasteiger partial charge in [0.25, 0.3) is 5.88 Å². The van der Waals surface area contributed by atoms with E-state index >= 15 is 0 Å². The first-order chi connectivity index (χ1) is 8.06. The summed E-state index contributed by atoms with van der Waals surface area (Å²) in [6.07, 6.45) is 0. The second kappa shape index (κ2) is 4.55. The molecule has 5 nitrogen and oxygen atoms in total. The van der Waals surface area contributed by atoms with Crippen molar-refractivity contribution in [1.82, 2.24) is 10.3 Å². The largest absolute Gasteiger partial charge is 0.467 e. The number of ether oxygens (including phenoxy) is 1. The first kappa shape index (κ1) is 11.6. The Morgan fingerprint density at radius 1 is 1.24 bits per heavy atom. The zero-order chi connectivity index (χ0) is 12.3. The highest BCUT2D eigenvalue weighted by molar-refractivity contribution is 5.63. The molecule has 0 fully saturated rings. The molecule has 1 aromatic heterocycles. The molecule has 5 heteroatoms. The molecule has 0 spiro atoms. The van der Waals surface area contributed by atoms with E-state index in [4.69, 9.17) is 9.37 Å². The van der Waals surface area contributed by atoms with Crippen molar-refractivity contribution in [3.8, 4) is 17.1 Å². The van der Waals surface area contributed by atoms with Crippen molar-refractivity contribution in [2.24, 2.45) is 0 Å². The van der Waals surface area contributed by atoms with Crippen LogP contribution >= 0.6 is 0 Å². The molecule has 0 aliphatic rings. The molecule has 0 saturated heterocycles. The smallest absolute Gasteiger partial charge is 0.284 e. The predicted molar refractivity (Wildman–Crippen MR) is 62.2 cm³/mol. The van der Waals surface area contributed by atoms with Gasteiger partial charge < -0.3 is 10.5 Å². The summed E-state index contributed by atoms with van der Waals surface area (Å²) in [4.78, 5) is 0. The van der Waals surface area contributed by atoms with E-state index in [9.17, 15) is 0 Å². The molecule has 0 atom stereocenters. The van der Waals surface area contributed by atoms with Crippen LogP contribution < -0.4 is 10.5 Å². The number of quaternary nitrogens is 1. The second-order valence-electron chi connectivity index (χ2n) is 4.74. The van der Waals surface area contributed by atoms with Crippen LogP contribution in [0.15, 0.2) is 35.0 Å². The molecule has 0 radical (unpaired) electrons. The second-order valence-corrected chi connectivity index (χ2v) is 4.74. The van der Waals surface area contributed by atoms with Gasteiger partial charge in [0, 0.05) is 5.56 Å². The molecule has 0 bridgehead atoms. The summed E-state index contributed by atoms with van der Waals surface area (Å²) in [5.41, 5.74) is 5.34. The van der Waals surface area contributed by atoms with Gasteiger partial charge in [0.2, 0.25) is 0 Å². The lowest BCUT2D eigenvalue weighted by Gasteiger charge is -2.14. The molecular weight excluding hydrogens is 218 g/mol. The van der Waals surface area contributed by atoms with Crippen LogP contribution in [-0.4, -0.2) is 22.5 Å². The third-order valence-electron chi connectivity index (χ3n) is 2.11. The van der Waals surface area contributed by atoms with Gasteiger partial charge in [0.1, 0.15) is 12.1 Å². The predicted octanol–water partition coefficient (Wildman–Crippen LogP) is 1.14. The molecule has 2 aromatic rings. The monoisotopic (exact) mass is 234 g/mol. The number of rotatable bonds is 4. The van der Waals surface area contributed by atoms with Crippen molar-refractivity contribution in [1.29, 1.82) is 0 Å². The number of aromatic nitrogens is 2. The van der Waals surface area contributed by atoms with Crippen LogP contribution in [0.4, 0.5) is 0 Å². The Balaban J connectivity index is 2.18. The van der Waals surface area contributed by atoms with Gasteiger partial charge in [0.15, 0.2) is 5.69 Å². The molecule has 2 rings (SSSR count). The van der Waals surface area contributed by atoms with Gasteiger partial charge in [-0.05, 0) is 24.2 Å². The summed E-state index contributed by atoms with van der Waals surface area (Å²) >= 11 is 0. The lowest BCUT2D eigenvalue weighted by Crippen LogP contribution is -2.71. The van der Waals surface area contributed by atoms with Gasteiger partial charge >= 0.3 is 0 Å². The number of benzene rings is 1. The SMILES string of the molecule is CC(C)([NH3+])COc1nonc1-c1ccccc1. The van der Waals surface area contributed by atoms with Gasteiger partial charge in [-0.3, -0.25) is 0 Å². The van der Waals surface area contributed by atoms with Crippen molar-refractivity contribution in [2.75, 3.05) is 6.61 Å². The summed E-state index contributed by atoms with van der Waals surface area (Å²) in [5.74, 6) is 0.410. The molecule has 90 valence electrons. The van der Waals surface area contributed by atoms with E-state index in [1.54, 1.807) is 0 Å². The number of hydrogen-bond acceptors (Lipinski definition) is 4. The molecule has 0 saturated carbocycles. The third kappa shape index (κ3) is 3.04. The minimum Gasteiger partial charge on any atom is -0.467 e. The quantitative estimate of drug-likeness (QED) is 0.860. The van der Waals surface area contributed by atoms with Crippen LogP contribution in [0, 0.1) is 0 Å². The fourth-order valence-corrected chi connectivity index (χ4v) is 1.31. The van der Waals surface area contributed by atoms with Crippen molar-refractivity contribution in [3.05, 3.63) is 30.3 Å². The van der Waals surface area contributed by atoms with E-state index in [-0.39, 0.29) is 5.54 Å². The first-order valence-corrected chi connectivity index (χ1v) is 5.42. The van der Waals surface area contributed by atoms with E-state index in [1.165, 1.54) is 0 Å². The first-order valence-electron chi connectivity index (χ1n) is 5.42. The average Bonchev–Trinajstić information content (AvgIpc) is 2.75. The van der Waals surface area contributed by atoms with Crippen LogP contribution in [-0.2, 0) is 0 Å². The summed E-state index contributed by atoms with van der Waals surface area (Å²) in [7, 11) is 0. The van der Waals surface area contributed by atoms with E-state index in [2.05, 4.69) is 16.0 Å². The van der Waals surface area contributed by atoms with Crippen molar-refractivity contribution >= 4 is 0 Å². The number of hydrogen-bond donors (Lipinski definition) is 1. The van der Waals surface area contributed by atoms with Crippen molar-refractivity contribution < 1.29 is 15.1 Å². The van der Waals surface area contributed by atoms with E-state index in [0.29, 0.717) is 18.2 Å². The Labute approximate surface area is 99.5 Å².